The van der Waals surface area contributed by atoms with E-state index in [9.17, 15) is 0 Å². The molecule has 0 N–H and O–H groups in total. The molecule has 1 heterocycles. The Morgan fingerprint density at radius 3 is 1.11 bits per heavy atom. The van der Waals surface area contributed by atoms with E-state index in [1.807, 2.05) is 0 Å². The topological polar surface area (TPSA) is 0 Å². The summed E-state index contributed by atoms with van der Waals surface area (Å²) in [4.78, 5) is 0. The average Bonchev–Trinajstić information content (AvgIpc) is 2.50. The standard InChI is InChI=1S/C20H28Br2F2Si4/c1-25(2)17-9-13(21)16(28(7,8)24)12-20(17)26(3,4)18-10-14(22)15(11-19(18)25)27(5,6)23/h9-12H,1-8H3. The minimum absolute atomic E-state index is 0.855. The van der Waals surface area contributed by atoms with Crippen molar-refractivity contribution in [2.45, 2.75) is 52.4 Å². The third-order valence-electron chi connectivity index (χ3n) is 6.19. The Hall–Kier alpha value is 0.128. The molecule has 152 valence electrons. The number of halogens is 4. The van der Waals surface area contributed by atoms with Crippen LogP contribution in [0.25, 0.3) is 0 Å². The van der Waals surface area contributed by atoms with Crippen molar-refractivity contribution < 1.29 is 8.22 Å². The highest BCUT2D eigenvalue weighted by molar-refractivity contribution is 9.11. The molecule has 0 nitrogen and oxygen atoms in total. The third-order valence-corrected chi connectivity index (χ3v) is 19.2. The molecule has 1 aliphatic heterocycles. The molecular formula is C20H28Br2F2Si4. The first-order valence-electron chi connectivity index (χ1n) is 9.57. The molecule has 0 spiro atoms. The van der Waals surface area contributed by atoms with E-state index in [0.717, 1.165) is 19.3 Å². The predicted molar refractivity (Wildman–Crippen MR) is 138 cm³/mol. The molecule has 0 radical (unpaired) electrons. The van der Waals surface area contributed by atoms with E-state index in [4.69, 9.17) is 0 Å². The van der Waals surface area contributed by atoms with Crippen LogP contribution >= 0.6 is 31.9 Å². The van der Waals surface area contributed by atoms with Gasteiger partial charge in [0.25, 0.3) is 16.8 Å². The zero-order chi connectivity index (χ0) is 21.4. The van der Waals surface area contributed by atoms with Gasteiger partial charge in [0, 0.05) is 8.95 Å². The Kier molecular flexibility index (Phi) is 5.55. The largest absolute Gasteiger partial charge is 0.308 e. The fourth-order valence-electron chi connectivity index (χ4n) is 4.42. The maximum absolute atomic E-state index is 15.0. The fourth-order valence-corrected chi connectivity index (χ4v) is 20.2. The maximum Gasteiger partial charge on any atom is 0.272 e. The summed E-state index contributed by atoms with van der Waals surface area (Å²) in [5.74, 6) is 0. The monoisotopic (exact) mass is 576 g/mol. The fraction of sp³-hybridized carbons (Fsp3) is 0.400. The van der Waals surface area contributed by atoms with Crippen LogP contribution in [0.4, 0.5) is 8.22 Å². The maximum atomic E-state index is 15.0. The zero-order valence-electron chi connectivity index (χ0n) is 17.8. The van der Waals surface area contributed by atoms with Crippen LogP contribution < -0.4 is 31.1 Å². The minimum atomic E-state index is -2.94. The Morgan fingerprint density at radius 1 is 0.607 bits per heavy atom. The molecule has 1 aliphatic rings. The number of rotatable bonds is 2. The van der Waals surface area contributed by atoms with Crippen LogP contribution in [0, 0.1) is 0 Å². The van der Waals surface area contributed by atoms with Crippen LogP contribution in [0.15, 0.2) is 33.2 Å². The number of hydrogen-bond donors (Lipinski definition) is 0. The SMILES string of the molecule is C[Si](C)(F)c1cc2c(cc1Br)[Si](C)(C)c1cc([Si](C)(C)F)c(Br)cc1[Si]2(C)C. The normalized spacial score (nSPS) is 17.9. The lowest BCUT2D eigenvalue weighted by Crippen LogP contribution is -2.79. The molecule has 0 bridgehead atoms. The van der Waals surface area contributed by atoms with Crippen molar-refractivity contribution in [2.24, 2.45) is 0 Å². The summed E-state index contributed by atoms with van der Waals surface area (Å²) >= 11 is 7.34. The highest BCUT2D eigenvalue weighted by Gasteiger charge is 2.46. The summed E-state index contributed by atoms with van der Waals surface area (Å²) in [5.41, 5.74) is 0. The van der Waals surface area contributed by atoms with Gasteiger partial charge in [-0.15, -0.1) is 0 Å². The Balaban J connectivity index is 2.39. The molecule has 28 heavy (non-hydrogen) atoms. The van der Waals surface area contributed by atoms with Gasteiger partial charge in [0.1, 0.15) is 16.1 Å². The molecule has 8 heteroatoms. The highest BCUT2D eigenvalue weighted by atomic mass is 79.9. The van der Waals surface area contributed by atoms with Gasteiger partial charge in [-0.05, 0) is 48.7 Å². The molecule has 0 aliphatic carbocycles. The molecular weight excluding hydrogens is 550 g/mol. The van der Waals surface area contributed by atoms with Gasteiger partial charge in [-0.2, -0.15) is 0 Å². The van der Waals surface area contributed by atoms with E-state index in [2.05, 4.69) is 82.3 Å². The van der Waals surface area contributed by atoms with E-state index in [-0.39, 0.29) is 0 Å². The van der Waals surface area contributed by atoms with E-state index in [0.29, 0.717) is 0 Å². The van der Waals surface area contributed by atoms with Crippen LogP contribution in [0.2, 0.25) is 52.4 Å². The predicted octanol–water partition coefficient (Wildman–Crippen LogP) is 3.93. The first-order chi connectivity index (χ1) is 12.5. The first-order valence-corrected chi connectivity index (χ1v) is 22.9. The van der Waals surface area contributed by atoms with Crippen molar-refractivity contribution in [3.05, 3.63) is 33.2 Å². The molecule has 0 amide bonds. The van der Waals surface area contributed by atoms with Gasteiger partial charge in [0.15, 0.2) is 0 Å². The van der Waals surface area contributed by atoms with Gasteiger partial charge >= 0.3 is 0 Å². The Labute approximate surface area is 188 Å². The summed E-state index contributed by atoms with van der Waals surface area (Å²) < 4.78 is 31.9. The number of hydrogen-bond acceptors (Lipinski definition) is 0. The van der Waals surface area contributed by atoms with Gasteiger partial charge in [0.2, 0.25) is 0 Å². The smallest absolute Gasteiger partial charge is 0.272 e. The van der Waals surface area contributed by atoms with Gasteiger partial charge < -0.3 is 8.22 Å². The van der Waals surface area contributed by atoms with Crippen LogP contribution in [-0.2, 0) is 0 Å². The molecule has 3 rings (SSSR count). The average molecular weight is 579 g/mol. The molecule has 0 atom stereocenters. The summed E-state index contributed by atoms with van der Waals surface area (Å²) in [6, 6.07) is 8.74. The van der Waals surface area contributed by atoms with Crippen molar-refractivity contribution in [1.29, 1.82) is 0 Å². The van der Waals surface area contributed by atoms with Gasteiger partial charge in [-0.1, -0.05) is 90.9 Å². The molecule has 0 saturated heterocycles. The summed E-state index contributed by atoms with van der Waals surface area (Å²) in [7, 11) is -9.96. The lowest BCUT2D eigenvalue weighted by molar-refractivity contribution is 0.820. The highest BCUT2D eigenvalue weighted by Crippen LogP contribution is 2.22. The second kappa shape index (κ2) is 6.82. The minimum Gasteiger partial charge on any atom is -0.308 e. The number of benzene rings is 2. The Morgan fingerprint density at radius 2 is 0.857 bits per heavy atom. The number of fused-ring (bicyclic) bond motifs is 2. The van der Waals surface area contributed by atoms with Crippen molar-refractivity contribution in [3.8, 4) is 0 Å². The molecule has 0 unspecified atom stereocenters. The van der Waals surface area contributed by atoms with Crippen LogP contribution in [0.5, 0.6) is 0 Å². The quantitative estimate of drug-likeness (QED) is 0.375. The van der Waals surface area contributed by atoms with E-state index < -0.39 is 33.0 Å². The molecule has 2 aromatic carbocycles. The second-order valence-electron chi connectivity index (χ2n) is 9.95. The zero-order valence-corrected chi connectivity index (χ0v) is 25.0. The van der Waals surface area contributed by atoms with Crippen LogP contribution in [0.3, 0.4) is 0 Å². The molecule has 2 aromatic rings. The van der Waals surface area contributed by atoms with Crippen molar-refractivity contribution in [1.82, 2.24) is 0 Å². The lowest BCUT2D eigenvalue weighted by Gasteiger charge is -2.43. The molecule has 0 saturated carbocycles. The summed E-state index contributed by atoms with van der Waals surface area (Å²) in [6.07, 6.45) is 0. The third kappa shape index (κ3) is 3.55. The van der Waals surface area contributed by atoms with Gasteiger partial charge in [-0.3, -0.25) is 0 Å². The summed E-state index contributed by atoms with van der Waals surface area (Å²) in [6.45, 7) is 16.4. The van der Waals surface area contributed by atoms with E-state index in [1.165, 1.54) is 20.7 Å². The first kappa shape index (κ1) is 22.8. The Bertz CT molecular complexity index is 894. The van der Waals surface area contributed by atoms with E-state index >= 15 is 8.22 Å². The van der Waals surface area contributed by atoms with Crippen molar-refractivity contribution >= 4 is 95.9 Å². The van der Waals surface area contributed by atoms with Crippen LogP contribution in [-0.4, -0.2) is 33.0 Å². The molecule has 0 fully saturated rings. The van der Waals surface area contributed by atoms with Crippen LogP contribution in [0.1, 0.15) is 0 Å². The lowest BCUT2D eigenvalue weighted by atomic mass is 10.3. The van der Waals surface area contributed by atoms with Crippen molar-refractivity contribution in [2.75, 3.05) is 0 Å². The summed E-state index contributed by atoms with van der Waals surface area (Å²) in [5, 5.41) is 7.21. The van der Waals surface area contributed by atoms with Crippen molar-refractivity contribution in [3.63, 3.8) is 0 Å². The van der Waals surface area contributed by atoms with Gasteiger partial charge in [-0.25, -0.2) is 0 Å². The van der Waals surface area contributed by atoms with Gasteiger partial charge in [0.05, 0.1) is 0 Å². The molecule has 0 aromatic heterocycles. The van der Waals surface area contributed by atoms with E-state index in [1.54, 1.807) is 26.2 Å². The second-order valence-corrected chi connectivity index (χ2v) is 27.3.